The Kier molecular flexibility index (Phi) is 2.69. The largest absolute Gasteiger partial charge is 0.324 e. The quantitative estimate of drug-likeness (QED) is 0.722. The standard InChI is InChI=1S/C11H17N3O2/c1-11(2,3)9-12-10(16-13-9)14-6-4-8(15)5-7-14/h4-7H2,1-3H3. The van der Waals surface area contributed by atoms with Crippen molar-refractivity contribution in [1.29, 1.82) is 0 Å². The summed E-state index contributed by atoms with van der Waals surface area (Å²) in [5.74, 6) is 1.02. The SMILES string of the molecule is CC(C)(C)c1noc(N2CCC(=O)CC2)n1. The number of nitrogens with zero attached hydrogens (tertiary/aromatic N) is 3. The molecule has 1 saturated heterocycles. The Labute approximate surface area is 94.8 Å². The molecule has 1 fully saturated rings. The third-order valence-corrected chi connectivity index (χ3v) is 2.68. The summed E-state index contributed by atoms with van der Waals surface area (Å²) in [6.45, 7) is 7.50. The molecule has 0 N–H and O–H groups in total. The van der Waals surface area contributed by atoms with Crippen LogP contribution in [0.2, 0.25) is 0 Å². The second-order valence-electron chi connectivity index (χ2n) is 5.18. The van der Waals surface area contributed by atoms with Gasteiger partial charge in [0.05, 0.1) is 0 Å². The van der Waals surface area contributed by atoms with E-state index in [4.69, 9.17) is 4.52 Å². The molecule has 1 aliphatic rings. The fourth-order valence-electron chi connectivity index (χ4n) is 1.60. The number of carbonyl (C=O) groups is 1. The fourth-order valence-corrected chi connectivity index (χ4v) is 1.60. The number of hydrogen-bond donors (Lipinski definition) is 0. The van der Waals surface area contributed by atoms with Gasteiger partial charge in [-0.25, -0.2) is 0 Å². The van der Waals surface area contributed by atoms with Crippen LogP contribution >= 0.6 is 0 Å². The average Bonchev–Trinajstić information content (AvgIpc) is 2.67. The molecular formula is C11H17N3O2. The number of ketones is 1. The molecule has 1 aromatic heterocycles. The maximum atomic E-state index is 11.1. The van der Waals surface area contributed by atoms with E-state index in [-0.39, 0.29) is 5.41 Å². The van der Waals surface area contributed by atoms with Gasteiger partial charge in [-0.2, -0.15) is 4.98 Å². The van der Waals surface area contributed by atoms with E-state index >= 15 is 0 Å². The van der Waals surface area contributed by atoms with Crippen molar-refractivity contribution in [3.63, 3.8) is 0 Å². The summed E-state index contributed by atoms with van der Waals surface area (Å²) in [6, 6.07) is 0.539. The van der Waals surface area contributed by atoms with Crippen molar-refractivity contribution in [2.24, 2.45) is 0 Å². The molecule has 0 atom stereocenters. The van der Waals surface area contributed by atoms with Crippen LogP contribution in [0, 0.1) is 0 Å². The van der Waals surface area contributed by atoms with Gasteiger partial charge in [0.1, 0.15) is 5.78 Å². The second kappa shape index (κ2) is 3.88. The normalized spacial score (nSPS) is 17.9. The van der Waals surface area contributed by atoms with Gasteiger partial charge in [-0.15, -0.1) is 0 Å². The van der Waals surface area contributed by atoms with Crippen LogP contribution in [-0.2, 0) is 10.2 Å². The number of rotatable bonds is 1. The molecule has 0 aromatic carbocycles. The Hall–Kier alpha value is -1.39. The smallest absolute Gasteiger partial charge is 0.324 e. The lowest BCUT2D eigenvalue weighted by Crippen LogP contribution is -2.34. The first-order chi connectivity index (χ1) is 7.47. The molecule has 5 heteroatoms. The summed E-state index contributed by atoms with van der Waals surface area (Å²) >= 11 is 0. The number of piperidine rings is 1. The van der Waals surface area contributed by atoms with Crippen molar-refractivity contribution < 1.29 is 9.32 Å². The van der Waals surface area contributed by atoms with Gasteiger partial charge >= 0.3 is 6.01 Å². The molecule has 1 aromatic rings. The molecule has 2 heterocycles. The van der Waals surface area contributed by atoms with Gasteiger partial charge < -0.3 is 9.42 Å². The van der Waals surface area contributed by atoms with Crippen molar-refractivity contribution in [2.75, 3.05) is 18.0 Å². The lowest BCUT2D eigenvalue weighted by Gasteiger charge is -2.23. The average molecular weight is 223 g/mol. The molecule has 0 spiro atoms. The molecule has 2 rings (SSSR count). The number of carbonyl (C=O) groups excluding carboxylic acids is 1. The summed E-state index contributed by atoms with van der Waals surface area (Å²) in [5.41, 5.74) is -0.104. The lowest BCUT2D eigenvalue weighted by molar-refractivity contribution is -0.119. The molecule has 0 amide bonds. The maximum Gasteiger partial charge on any atom is 0.324 e. The topological polar surface area (TPSA) is 59.2 Å². The number of anilines is 1. The van der Waals surface area contributed by atoms with Gasteiger partial charge in [-0.3, -0.25) is 4.79 Å². The molecule has 0 unspecified atom stereocenters. The maximum absolute atomic E-state index is 11.1. The molecule has 88 valence electrons. The highest BCUT2D eigenvalue weighted by Crippen LogP contribution is 2.23. The Balaban J connectivity index is 2.10. The van der Waals surface area contributed by atoms with Crippen LogP contribution < -0.4 is 4.90 Å². The zero-order chi connectivity index (χ0) is 11.8. The molecule has 16 heavy (non-hydrogen) atoms. The third kappa shape index (κ3) is 2.23. The van der Waals surface area contributed by atoms with Gasteiger partial charge in [-0.1, -0.05) is 25.9 Å². The van der Waals surface area contributed by atoms with Gasteiger partial charge in [-0.05, 0) is 0 Å². The van der Waals surface area contributed by atoms with E-state index in [0.717, 1.165) is 0 Å². The van der Waals surface area contributed by atoms with Crippen molar-refractivity contribution in [3.8, 4) is 0 Å². The lowest BCUT2D eigenvalue weighted by atomic mass is 9.96. The number of Topliss-reactive ketones (excluding diaryl/α,β-unsaturated/α-hetero) is 1. The highest BCUT2D eigenvalue weighted by molar-refractivity contribution is 5.80. The van der Waals surface area contributed by atoms with Crippen molar-refractivity contribution >= 4 is 11.8 Å². The van der Waals surface area contributed by atoms with E-state index in [1.165, 1.54) is 0 Å². The number of hydrogen-bond acceptors (Lipinski definition) is 5. The van der Waals surface area contributed by atoms with Crippen LogP contribution in [0.1, 0.15) is 39.4 Å². The van der Waals surface area contributed by atoms with E-state index < -0.39 is 0 Å². The predicted molar refractivity (Wildman–Crippen MR) is 59.5 cm³/mol. The molecule has 0 aliphatic carbocycles. The van der Waals surface area contributed by atoms with E-state index in [1.54, 1.807) is 0 Å². The van der Waals surface area contributed by atoms with E-state index in [2.05, 4.69) is 10.1 Å². The Morgan fingerprint density at radius 3 is 2.38 bits per heavy atom. The van der Waals surface area contributed by atoms with E-state index in [0.29, 0.717) is 43.6 Å². The zero-order valence-corrected chi connectivity index (χ0v) is 9.99. The van der Waals surface area contributed by atoms with Crippen LogP contribution in [0.4, 0.5) is 6.01 Å². The highest BCUT2D eigenvalue weighted by atomic mass is 16.5. The van der Waals surface area contributed by atoms with Crippen molar-refractivity contribution in [3.05, 3.63) is 5.82 Å². The first-order valence-corrected chi connectivity index (χ1v) is 5.57. The van der Waals surface area contributed by atoms with Gasteiger partial charge in [0, 0.05) is 31.3 Å². The van der Waals surface area contributed by atoms with E-state index in [1.807, 2.05) is 25.7 Å². The van der Waals surface area contributed by atoms with Crippen LogP contribution in [0.25, 0.3) is 0 Å². The Morgan fingerprint density at radius 1 is 1.25 bits per heavy atom. The minimum Gasteiger partial charge on any atom is -0.324 e. The zero-order valence-electron chi connectivity index (χ0n) is 9.99. The molecule has 5 nitrogen and oxygen atoms in total. The molecular weight excluding hydrogens is 206 g/mol. The van der Waals surface area contributed by atoms with Gasteiger partial charge in [0.15, 0.2) is 5.82 Å². The molecule has 0 saturated carbocycles. The monoisotopic (exact) mass is 223 g/mol. The molecule has 1 aliphatic heterocycles. The van der Waals surface area contributed by atoms with Gasteiger partial charge in [0.25, 0.3) is 0 Å². The highest BCUT2D eigenvalue weighted by Gasteiger charge is 2.25. The predicted octanol–water partition coefficient (Wildman–Crippen LogP) is 1.54. The summed E-state index contributed by atoms with van der Waals surface area (Å²) in [6.07, 6.45) is 1.15. The number of aromatic nitrogens is 2. The van der Waals surface area contributed by atoms with Gasteiger partial charge in [0.2, 0.25) is 0 Å². The third-order valence-electron chi connectivity index (χ3n) is 2.68. The van der Waals surface area contributed by atoms with Crippen molar-refractivity contribution in [2.45, 2.75) is 39.0 Å². The summed E-state index contributed by atoms with van der Waals surface area (Å²) in [5, 5.41) is 3.97. The van der Waals surface area contributed by atoms with Crippen molar-refractivity contribution in [1.82, 2.24) is 10.1 Å². The first-order valence-electron chi connectivity index (χ1n) is 5.57. The summed E-state index contributed by atoms with van der Waals surface area (Å²) in [4.78, 5) is 17.5. The minimum absolute atomic E-state index is 0.104. The van der Waals surface area contributed by atoms with Crippen LogP contribution in [-0.4, -0.2) is 29.0 Å². The van der Waals surface area contributed by atoms with Crippen LogP contribution in [0.15, 0.2) is 4.52 Å². The fraction of sp³-hybridized carbons (Fsp3) is 0.727. The van der Waals surface area contributed by atoms with E-state index in [9.17, 15) is 4.79 Å². The minimum atomic E-state index is -0.104. The summed E-state index contributed by atoms with van der Waals surface area (Å²) in [7, 11) is 0. The first kappa shape index (κ1) is 11.1. The van der Waals surface area contributed by atoms with Crippen LogP contribution in [0.3, 0.4) is 0 Å². The molecule has 0 radical (unpaired) electrons. The Morgan fingerprint density at radius 2 is 1.88 bits per heavy atom. The summed E-state index contributed by atoms with van der Waals surface area (Å²) < 4.78 is 5.22. The van der Waals surface area contributed by atoms with Crippen LogP contribution in [0.5, 0.6) is 0 Å². The molecule has 0 bridgehead atoms. The second-order valence-corrected chi connectivity index (χ2v) is 5.18. The Bertz CT molecular complexity index is 382.